The zero-order valence-corrected chi connectivity index (χ0v) is 15.5. The third-order valence-electron chi connectivity index (χ3n) is 5.02. The van der Waals surface area contributed by atoms with Crippen LogP contribution in [-0.2, 0) is 0 Å². The second-order valence-corrected chi connectivity index (χ2v) is 7.05. The Morgan fingerprint density at radius 3 is 2.50 bits per heavy atom. The van der Waals surface area contributed by atoms with Crippen molar-refractivity contribution in [1.29, 1.82) is 0 Å². The van der Waals surface area contributed by atoms with E-state index in [0.717, 1.165) is 37.4 Å². The van der Waals surface area contributed by atoms with Gasteiger partial charge in [-0.25, -0.2) is 0 Å². The highest BCUT2D eigenvalue weighted by molar-refractivity contribution is 5.92. The molecule has 132 valence electrons. The van der Waals surface area contributed by atoms with Crippen molar-refractivity contribution in [3.63, 3.8) is 0 Å². The fourth-order valence-corrected chi connectivity index (χ4v) is 3.59. The number of hydrogen-bond acceptors (Lipinski definition) is 3. The number of benzene rings is 2. The molecule has 1 aromatic heterocycles. The fraction of sp³-hybridized carbons (Fsp3) is 0.261. The number of rotatable bonds is 3. The van der Waals surface area contributed by atoms with Crippen molar-refractivity contribution in [3.05, 3.63) is 77.6 Å². The Bertz CT molecular complexity index is 937. The second kappa shape index (κ2) is 7.20. The minimum absolute atomic E-state index is 1.03. The highest BCUT2D eigenvalue weighted by atomic mass is 15.3. The van der Waals surface area contributed by atoms with Gasteiger partial charge in [-0.1, -0.05) is 35.9 Å². The van der Waals surface area contributed by atoms with Crippen molar-refractivity contribution in [2.75, 3.05) is 31.1 Å². The third-order valence-corrected chi connectivity index (χ3v) is 5.02. The summed E-state index contributed by atoms with van der Waals surface area (Å²) in [5, 5.41) is 1.25. The zero-order valence-electron chi connectivity index (χ0n) is 15.5. The van der Waals surface area contributed by atoms with Gasteiger partial charge >= 0.3 is 0 Å². The summed E-state index contributed by atoms with van der Waals surface area (Å²) in [7, 11) is 0. The van der Waals surface area contributed by atoms with Crippen molar-refractivity contribution in [3.8, 4) is 0 Å². The molecule has 3 heteroatoms. The number of aryl methyl sites for hydroxylation is 2. The summed E-state index contributed by atoms with van der Waals surface area (Å²) >= 11 is 0. The first-order chi connectivity index (χ1) is 12.7. The smallest absolute Gasteiger partial charge is 0.0726 e. The topological polar surface area (TPSA) is 19.4 Å². The molecule has 1 aliphatic rings. The monoisotopic (exact) mass is 343 g/mol. The molecule has 2 aromatic carbocycles. The second-order valence-electron chi connectivity index (χ2n) is 7.05. The summed E-state index contributed by atoms with van der Waals surface area (Å²) in [4.78, 5) is 9.56. The molecule has 0 spiro atoms. The molecule has 4 rings (SSSR count). The summed E-state index contributed by atoms with van der Waals surface area (Å²) < 4.78 is 0. The lowest BCUT2D eigenvalue weighted by Gasteiger charge is -2.36. The van der Waals surface area contributed by atoms with Crippen molar-refractivity contribution >= 4 is 22.7 Å². The van der Waals surface area contributed by atoms with Gasteiger partial charge in [0.15, 0.2) is 0 Å². The largest absolute Gasteiger partial charge is 0.374 e. The number of piperazine rings is 1. The summed E-state index contributed by atoms with van der Waals surface area (Å²) in [6.07, 6.45) is 4.45. The van der Waals surface area contributed by atoms with Crippen LogP contribution in [0.15, 0.2) is 60.8 Å². The molecular formula is C23H25N3. The number of pyridine rings is 1. The molecule has 0 aliphatic carbocycles. The van der Waals surface area contributed by atoms with E-state index in [1.165, 1.54) is 22.2 Å². The van der Waals surface area contributed by atoms with Gasteiger partial charge < -0.3 is 9.80 Å². The Morgan fingerprint density at radius 1 is 0.885 bits per heavy atom. The SMILES string of the molecule is Cc1cccc(/C=C/N2CCN(c3cccc4nc(C)ccc34)CC2)c1. The van der Waals surface area contributed by atoms with E-state index in [9.17, 15) is 0 Å². The van der Waals surface area contributed by atoms with Gasteiger partial charge in [0.25, 0.3) is 0 Å². The average Bonchev–Trinajstić information content (AvgIpc) is 2.66. The molecule has 1 fully saturated rings. The van der Waals surface area contributed by atoms with E-state index in [4.69, 9.17) is 0 Å². The highest BCUT2D eigenvalue weighted by Crippen LogP contribution is 2.27. The van der Waals surface area contributed by atoms with Gasteiger partial charge in [0.2, 0.25) is 0 Å². The molecule has 0 unspecified atom stereocenters. The number of hydrogen-bond donors (Lipinski definition) is 0. The van der Waals surface area contributed by atoms with Gasteiger partial charge in [-0.3, -0.25) is 4.98 Å². The number of fused-ring (bicyclic) bond motifs is 1. The lowest BCUT2D eigenvalue weighted by molar-refractivity contribution is 0.351. The van der Waals surface area contributed by atoms with E-state index in [2.05, 4.69) is 88.6 Å². The van der Waals surface area contributed by atoms with Crippen LogP contribution < -0.4 is 4.90 Å². The lowest BCUT2D eigenvalue weighted by Crippen LogP contribution is -2.44. The molecular weight excluding hydrogens is 318 g/mol. The Morgan fingerprint density at radius 2 is 1.69 bits per heavy atom. The summed E-state index contributed by atoms with van der Waals surface area (Å²) in [5.41, 5.74) is 6.03. The summed E-state index contributed by atoms with van der Waals surface area (Å²) in [5.74, 6) is 0. The maximum atomic E-state index is 4.67. The normalized spacial score (nSPS) is 15.2. The minimum atomic E-state index is 1.03. The van der Waals surface area contributed by atoms with Crippen LogP contribution in [0.2, 0.25) is 0 Å². The molecule has 0 saturated carbocycles. The van der Waals surface area contributed by atoms with Gasteiger partial charge in [0, 0.05) is 42.9 Å². The molecule has 0 amide bonds. The first-order valence-corrected chi connectivity index (χ1v) is 9.29. The maximum Gasteiger partial charge on any atom is 0.0726 e. The lowest BCUT2D eigenvalue weighted by atomic mass is 10.1. The average molecular weight is 343 g/mol. The molecule has 3 aromatic rings. The molecule has 3 nitrogen and oxygen atoms in total. The van der Waals surface area contributed by atoms with Gasteiger partial charge in [0.05, 0.1) is 5.52 Å². The van der Waals surface area contributed by atoms with Crippen LogP contribution >= 0.6 is 0 Å². The van der Waals surface area contributed by atoms with E-state index in [1.807, 2.05) is 6.92 Å². The van der Waals surface area contributed by atoms with Crippen molar-refractivity contribution < 1.29 is 0 Å². The van der Waals surface area contributed by atoms with Gasteiger partial charge in [-0.2, -0.15) is 0 Å². The number of anilines is 1. The van der Waals surface area contributed by atoms with E-state index in [1.54, 1.807) is 0 Å². The van der Waals surface area contributed by atoms with Crippen LogP contribution in [0.4, 0.5) is 5.69 Å². The quantitative estimate of drug-likeness (QED) is 0.690. The van der Waals surface area contributed by atoms with Crippen LogP contribution in [0, 0.1) is 13.8 Å². The third kappa shape index (κ3) is 3.57. The Labute approximate surface area is 155 Å². The molecule has 1 saturated heterocycles. The molecule has 0 radical (unpaired) electrons. The first kappa shape index (κ1) is 16.6. The number of aromatic nitrogens is 1. The first-order valence-electron chi connectivity index (χ1n) is 9.29. The fourth-order valence-electron chi connectivity index (χ4n) is 3.59. The van der Waals surface area contributed by atoms with Crippen molar-refractivity contribution in [2.24, 2.45) is 0 Å². The number of nitrogens with zero attached hydrogens (tertiary/aromatic N) is 3. The highest BCUT2D eigenvalue weighted by Gasteiger charge is 2.16. The maximum absolute atomic E-state index is 4.67. The Hall–Kier alpha value is -2.81. The van der Waals surface area contributed by atoms with Crippen LogP contribution in [0.5, 0.6) is 0 Å². The van der Waals surface area contributed by atoms with Crippen LogP contribution in [0.3, 0.4) is 0 Å². The zero-order chi connectivity index (χ0) is 17.9. The van der Waals surface area contributed by atoms with Gasteiger partial charge in [-0.15, -0.1) is 0 Å². The minimum Gasteiger partial charge on any atom is -0.374 e. The summed E-state index contributed by atoms with van der Waals surface area (Å²) in [6, 6.07) is 19.4. The molecule has 0 N–H and O–H groups in total. The Kier molecular flexibility index (Phi) is 4.61. The predicted molar refractivity (Wildman–Crippen MR) is 110 cm³/mol. The molecule has 26 heavy (non-hydrogen) atoms. The van der Waals surface area contributed by atoms with Crippen LogP contribution in [0.1, 0.15) is 16.8 Å². The molecule has 2 heterocycles. The van der Waals surface area contributed by atoms with Crippen LogP contribution in [-0.4, -0.2) is 36.1 Å². The van der Waals surface area contributed by atoms with E-state index in [0.29, 0.717) is 0 Å². The molecule has 0 bridgehead atoms. The predicted octanol–water partition coefficient (Wildman–Crippen LogP) is 4.64. The standard InChI is InChI=1S/C23H25N3/c1-18-5-3-6-20(17-18)11-12-25-13-15-26(16-14-25)23-8-4-7-22-21(23)10-9-19(2)24-22/h3-12,17H,13-16H2,1-2H3/b12-11+. The van der Waals surface area contributed by atoms with Crippen molar-refractivity contribution in [1.82, 2.24) is 9.88 Å². The Balaban J connectivity index is 1.45. The van der Waals surface area contributed by atoms with E-state index in [-0.39, 0.29) is 0 Å². The van der Waals surface area contributed by atoms with Crippen LogP contribution in [0.25, 0.3) is 17.0 Å². The summed E-state index contributed by atoms with van der Waals surface area (Å²) in [6.45, 7) is 8.33. The van der Waals surface area contributed by atoms with Gasteiger partial charge in [0.1, 0.15) is 0 Å². The van der Waals surface area contributed by atoms with E-state index >= 15 is 0 Å². The van der Waals surface area contributed by atoms with Crippen molar-refractivity contribution in [2.45, 2.75) is 13.8 Å². The van der Waals surface area contributed by atoms with E-state index < -0.39 is 0 Å². The molecule has 1 aliphatic heterocycles. The van der Waals surface area contributed by atoms with Gasteiger partial charge in [-0.05, 0) is 56.0 Å². The molecule has 0 atom stereocenters.